The van der Waals surface area contributed by atoms with Crippen molar-refractivity contribution in [2.24, 2.45) is 0 Å². The number of nitrogens with one attached hydrogen (secondary N) is 4. The van der Waals surface area contributed by atoms with Crippen LogP contribution in [0.2, 0.25) is 0 Å². The Labute approximate surface area is 293 Å². The molecule has 258 valence electrons. The maximum atomic E-state index is 11.1. The first-order valence-corrected chi connectivity index (χ1v) is 17.2. The summed E-state index contributed by atoms with van der Waals surface area (Å²) < 4.78 is 4.17. The normalized spacial score (nSPS) is 11.4. The van der Waals surface area contributed by atoms with Crippen LogP contribution in [0.15, 0.2) is 85.2 Å². The van der Waals surface area contributed by atoms with Crippen LogP contribution in [0.1, 0.15) is 47.2 Å². The highest BCUT2D eigenvalue weighted by molar-refractivity contribution is 5.81. The number of hydrogen-bond acceptors (Lipinski definition) is 6. The van der Waals surface area contributed by atoms with E-state index in [1.165, 1.54) is 58.4 Å². The van der Waals surface area contributed by atoms with E-state index in [-0.39, 0.29) is 11.8 Å². The molecule has 0 fully saturated rings. The Morgan fingerprint density at radius 2 is 1.04 bits per heavy atom. The second-order valence-corrected chi connectivity index (χ2v) is 12.9. The zero-order valence-corrected chi connectivity index (χ0v) is 29.3. The van der Waals surface area contributed by atoms with Crippen molar-refractivity contribution >= 4 is 33.6 Å². The average Bonchev–Trinajstić information content (AvgIpc) is 3.69. The van der Waals surface area contributed by atoms with Crippen LogP contribution in [0.3, 0.4) is 0 Å². The summed E-state index contributed by atoms with van der Waals surface area (Å²) in [6.07, 6.45) is 3.87. The maximum absolute atomic E-state index is 11.1. The lowest BCUT2D eigenvalue weighted by Crippen LogP contribution is -2.29. The summed E-state index contributed by atoms with van der Waals surface area (Å²) in [4.78, 5) is 22.3. The molecule has 50 heavy (non-hydrogen) atoms. The van der Waals surface area contributed by atoms with Gasteiger partial charge in [-0.05, 0) is 70.5 Å². The molecule has 2 amide bonds. The Balaban J connectivity index is 1.18. The summed E-state index contributed by atoms with van der Waals surface area (Å²) in [6, 6.07) is 26.0. The van der Waals surface area contributed by atoms with Gasteiger partial charge in [0.2, 0.25) is 11.8 Å². The number of carbonyl (C=O) groups excluding carboxylic acids is 2. The molecule has 0 aliphatic carbocycles. The van der Waals surface area contributed by atoms with Gasteiger partial charge in [0.15, 0.2) is 0 Å². The summed E-state index contributed by atoms with van der Waals surface area (Å²) >= 11 is 0. The molecule has 2 aromatic heterocycles. The van der Waals surface area contributed by atoms with Crippen molar-refractivity contribution in [2.45, 2.75) is 53.9 Å². The Bertz CT molecular complexity index is 1980. The topological polar surface area (TPSA) is 118 Å². The van der Waals surface area contributed by atoms with Gasteiger partial charge in [0.05, 0.1) is 36.5 Å². The standard InChI is InChI=1S/C40H46N8O2/c1-27-35(25-47-39-19-31(11-13-33(39)23-45-47)21-41-15-17-43-29(3)49)7-5-9-37(27)38-10-6-8-36(28(38)2)26-48-40-20-32(12-14-34(40)24-46-48)22-42-16-18-44-30(4)50/h5-14,19-20,23-24,41-42H,15-18,21-22,25-26H2,1-4H3,(H,43,49)(H,44,50). The Morgan fingerprint density at radius 1 is 0.600 bits per heavy atom. The quantitative estimate of drug-likeness (QED) is 0.111. The van der Waals surface area contributed by atoms with Crippen molar-refractivity contribution in [1.82, 2.24) is 40.8 Å². The lowest BCUT2D eigenvalue weighted by Gasteiger charge is -2.17. The minimum atomic E-state index is -0.0149. The van der Waals surface area contributed by atoms with Gasteiger partial charge in [0.1, 0.15) is 0 Å². The van der Waals surface area contributed by atoms with Crippen molar-refractivity contribution < 1.29 is 9.59 Å². The predicted octanol–water partition coefficient (Wildman–Crippen LogP) is 5.22. The third-order valence-corrected chi connectivity index (χ3v) is 9.25. The summed E-state index contributed by atoms with van der Waals surface area (Å²) in [5, 5.41) is 24.2. The van der Waals surface area contributed by atoms with Gasteiger partial charge in [0.25, 0.3) is 0 Å². The van der Waals surface area contributed by atoms with E-state index in [4.69, 9.17) is 10.2 Å². The lowest BCUT2D eigenvalue weighted by molar-refractivity contribution is -0.119. The van der Waals surface area contributed by atoms with Crippen LogP contribution in [0, 0.1) is 13.8 Å². The fourth-order valence-corrected chi connectivity index (χ4v) is 6.44. The summed E-state index contributed by atoms with van der Waals surface area (Å²) in [5.74, 6) is -0.0299. The van der Waals surface area contributed by atoms with E-state index in [1.54, 1.807) is 0 Å². The lowest BCUT2D eigenvalue weighted by atomic mass is 9.91. The molecule has 0 saturated heterocycles. The molecule has 0 spiro atoms. The number of amides is 2. The molecule has 0 bridgehead atoms. The van der Waals surface area contributed by atoms with Crippen LogP contribution >= 0.6 is 0 Å². The van der Waals surface area contributed by atoms with Gasteiger partial charge in [-0.25, -0.2) is 0 Å². The van der Waals surface area contributed by atoms with Crippen molar-refractivity contribution in [3.8, 4) is 11.1 Å². The average molecular weight is 671 g/mol. The van der Waals surface area contributed by atoms with E-state index >= 15 is 0 Å². The van der Waals surface area contributed by atoms with Crippen LogP contribution in [0.25, 0.3) is 32.9 Å². The summed E-state index contributed by atoms with van der Waals surface area (Å²) in [6.45, 7) is 12.9. The summed E-state index contributed by atoms with van der Waals surface area (Å²) in [7, 11) is 0. The van der Waals surface area contributed by atoms with Gasteiger partial charge < -0.3 is 21.3 Å². The molecule has 4 N–H and O–H groups in total. The molecular weight excluding hydrogens is 624 g/mol. The number of benzene rings is 4. The van der Waals surface area contributed by atoms with Crippen molar-refractivity contribution in [2.75, 3.05) is 26.2 Å². The fraction of sp³-hybridized carbons (Fsp3) is 0.300. The first-order valence-electron chi connectivity index (χ1n) is 17.2. The van der Waals surface area contributed by atoms with Crippen LogP contribution < -0.4 is 21.3 Å². The molecule has 2 heterocycles. The highest BCUT2D eigenvalue weighted by Gasteiger charge is 2.14. The Hall–Kier alpha value is -5.32. The zero-order chi connectivity index (χ0) is 35.0. The van der Waals surface area contributed by atoms with E-state index in [0.717, 1.165) is 34.9 Å². The van der Waals surface area contributed by atoms with Crippen LogP contribution in [0.5, 0.6) is 0 Å². The highest BCUT2D eigenvalue weighted by Crippen LogP contribution is 2.32. The SMILES string of the molecule is CC(=O)NCCNCc1ccc2cnn(Cc3cccc(-c4cccc(Cn5ncc6ccc(CNCCNC(C)=O)cc65)c4C)c3C)c2c1. The second-order valence-electron chi connectivity index (χ2n) is 12.9. The summed E-state index contributed by atoms with van der Waals surface area (Å²) in [5.41, 5.74) is 11.9. The fourth-order valence-electron chi connectivity index (χ4n) is 6.44. The molecular formula is C40H46N8O2. The van der Waals surface area contributed by atoms with E-state index in [2.05, 4.69) is 117 Å². The van der Waals surface area contributed by atoms with Crippen molar-refractivity contribution in [3.05, 3.63) is 119 Å². The monoisotopic (exact) mass is 670 g/mol. The number of carbonyl (C=O) groups is 2. The molecule has 6 aromatic rings. The molecule has 10 nitrogen and oxygen atoms in total. The van der Waals surface area contributed by atoms with Crippen LogP contribution in [-0.4, -0.2) is 57.6 Å². The molecule has 0 atom stereocenters. The molecule has 0 radical (unpaired) electrons. The Kier molecular flexibility index (Phi) is 11.0. The third-order valence-electron chi connectivity index (χ3n) is 9.25. The number of rotatable bonds is 15. The Morgan fingerprint density at radius 3 is 1.46 bits per heavy atom. The van der Waals surface area contributed by atoms with Crippen LogP contribution in [-0.2, 0) is 35.8 Å². The second kappa shape index (κ2) is 15.9. The largest absolute Gasteiger partial charge is 0.355 e. The van der Waals surface area contributed by atoms with Gasteiger partial charge in [-0.15, -0.1) is 0 Å². The first kappa shape index (κ1) is 34.5. The molecule has 0 unspecified atom stereocenters. The van der Waals surface area contributed by atoms with E-state index in [9.17, 15) is 9.59 Å². The minimum Gasteiger partial charge on any atom is -0.355 e. The van der Waals surface area contributed by atoms with Gasteiger partial charge in [0, 0.05) is 63.9 Å². The third kappa shape index (κ3) is 8.27. The first-order chi connectivity index (χ1) is 24.3. The van der Waals surface area contributed by atoms with Gasteiger partial charge in [-0.3, -0.25) is 19.0 Å². The van der Waals surface area contributed by atoms with Crippen molar-refractivity contribution in [3.63, 3.8) is 0 Å². The molecule has 10 heteroatoms. The molecule has 0 aliphatic rings. The minimum absolute atomic E-state index is 0.0149. The number of hydrogen-bond donors (Lipinski definition) is 4. The maximum Gasteiger partial charge on any atom is 0.216 e. The van der Waals surface area contributed by atoms with E-state index in [0.29, 0.717) is 39.3 Å². The van der Waals surface area contributed by atoms with Gasteiger partial charge >= 0.3 is 0 Å². The number of fused-ring (bicyclic) bond motifs is 2. The van der Waals surface area contributed by atoms with Gasteiger partial charge in [-0.1, -0.05) is 60.7 Å². The van der Waals surface area contributed by atoms with Crippen LogP contribution in [0.4, 0.5) is 0 Å². The predicted molar refractivity (Wildman–Crippen MR) is 200 cm³/mol. The molecule has 0 saturated carbocycles. The molecule has 6 rings (SSSR count). The van der Waals surface area contributed by atoms with E-state index in [1.807, 2.05) is 12.4 Å². The van der Waals surface area contributed by atoms with E-state index < -0.39 is 0 Å². The van der Waals surface area contributed by atoms with Gasteiger partial charge in [-0.2, -0.15) is 10.2 Å². The molecule has 4 aromatic carbocycles. The van der Waals surface area contributed by atoms with Crippen molar-refractivity contribution in [1.29, 1.82) is 0 Å². The smallest absolute Gasteiger partial charge is 0.216 e. The zero-order valence-electron chi connectivity index (χ0n) is 29.3. The molecule has 0 aliphatic heterocycles. The number of aromatic nitrogens is 4. The highest BCUT2D eigenvalue weighted by atomic mass is 16.2. The number of nitrogens with zero attached hydrogens (tertiary/aromatic N) is 4.